The highest BCUT2D eigenvalue weighted by molar-refractivity contribution is 5.90. The smallest absolute Gasteiger partial charge is 0.338 e. The maximum absolute atomic E-state index is 13.4. The molecule has 0 bridgehead atoms. The SMILES string of the molecule is Cc1cc(C(=O)OCc2cccc(F)c2F)ccc1N. The number of nitrogen functional groups attached to an aromatic ring is 1. The number of carbonyl (C=O) groups is 1. The van der Waals surface area contributed by atoms with Crippen LogP contribution in [0.25, 0.3) is 0 Å². The lowest BCUT2D eigenvalue weighted by atomic mass is 10.1. The molecule has 0 aliphatic carbocycles. The molecule has 0 saturated carbocycles. The first-order valence-corrected chi connectivity index (χ1v) is 5.95. The molecule has 0 radical (unpaired) electrons. The molecule has 5 heteroatoms. The molecule has 20 heavy (non-hydrogen) atoms. The quantitative estimate of drug-likeness (QED) is 0.692. The van der Waals surface area contributed by atoms with Crippen LogP contribution in [0.1, 0.15) is 21.5 Å². The van der Waals surface area contributed by atoms with Gasteiger partial charge in [-0.05, 0) is 36.8 Å². The van der Waals surface area contributed by atoms with Crippen LogP contribution in [0.4, 0.5) is 14.5 Å². The highest BCUT2D eigenvalue weighted by Crippen LogP contribution is 2.16. The molecule has 0 heterocycles. The van der Waals surface area contributed by atoms with Gasteiger partial charge < -0.3 is 10.5 Å². The highest BCUT2D eigenvalue weighted by Gasteiger charge is 2.12. The van der Waals surface area contributed by atoms with Gasteiger partial charge in [-0.2, -0.15) is 0 Å². The highest BCUT2D eigenvalue weighted by atomic mass is 19.2. The van der Waals surface area contributed by atoms with Crippen LogP contribution in [0.2, 0.25) is 0 Å². The van der Waals surface area contributed by atoms with Gasteiger partial charge in [0.2, 0.25) is 0 Å². The number of benzene rings is 2. The Balaban J connectivity index is 2.08. The Morgan fingerprint density at radius 3 is 2.70 bits per heavy atom. The lowest BCUT2D eigenvalue weighted by molar-refractivity contribution is 0.0468. The Bertz CT molecular complexity index is 656. The number of ether oxygens (including phenoxy) is 1. The minimum Gasteiger partial charge on any atom is -0.457 e. The summed E-state index contributed by atoms with van der Waals surface area (Å²) in [6.07, 6.45) is 0. The molecule has 0 amide bonds. The number of carbonyl (C=O) groups excluding carboxylic acids is 1. The predicted octanol–water partition coefficient (Wildman–Crippen LogP) is 3.21. The van der Waals surface area contributed by atoms with Crippen LogP contribution in [0.15, 0.2) is 36.4 Å². The van der Waals surface area contributed by atoms with Gasteiger partial charge in [-0.25, -0.2) is 13.6 Å². The molecule has 3 nitrogen and oxygen atoms in total. The molecular weight excluding hydrogens is 264 g/mol. The summed E-state index contributed by atoms with van der Waals surface area (Å²) < 4.78 is 31.3. The number of hydrogen-bond donors (Lipinski definition) is 1. The van der Waals surface area contributed by atoms with Gasteiger partial charge in [0.05, 0.1) is 5.56 Å². The average molecular weight is 277 g/mol. The van der Waals surface area contributed by atoms with E-state index in [1.165, 1.54) is 18.2 Å². The molecule has 0 unspecified atom stereocenters. The number of nitrogens with two attached hydrogens (primary N) is 1. The van der Waals surface area contributed by atoms with Crippen molar-refractivity contribution in [3.05, 3.63) is 64.7 Å². The molecule has 0 aliphatic heterocycles. The van der Waals surface area contributed by atoms with Crippen molar-refractivity contribution in [2.45, 2.75) is 13.5 Å². The third kappa shape index (κ3) is 2.93. The van der Waals surface area contributed by atoms with Crippen LogP contribution in [0.5, 0.6) is 0 Å². The fourth-order valence-corrected chi connectivity index (χ4v) is 1.69. The molecule has 0 aromatic heterocycles. The van der Waals surface area contributed by atoms with E-state index in [1.54, 1.807) is 19.1 Å². The van der Waals surface area contributed by atoms with Gasteiger partial charge in [0, 0.05) is 11.3 Å². The Morgan fingerprint density at radius 2 is 2.00 bits per heavy atom. The van der Waals surface area contributed by atoms with Crippen molar-refractivity contribution in [1.82, 2.24) is 0 Å². The summed E-state index contributed by atoms with van der Waals surface area (Å²) in [6, 6.07) is 8.42. The van der Waals surface area contributed by atoms with E-state index < -0.39 is 17.6 Å². The van der Waals surface area contributed by atoms with Gasteiger partial charge in [0.25, 0.3) is 0 Å². The monoisotopic (exact) mass is 277 g/mol. The van der Waals surface area contributed by atoms with Crippen molar-refractivity contribution in [3.63, 3.8) is 0 Å². The zero-order valence-electron chi connectivity index (χ0n) is 10.8. The normalized spacial score (nSPS) is 10.3. The summed E-state index contributed by atoms with van der Waals surface area (Å²) >= 11 is 0. The molecule has 0 atom stereocenters. The molecule has 104 valence electrons. The lowest BCUT2D eigenvalue weighted by Crippen LogP contribution is -2.07. The van der Waals surface area contributed by atoms with Crippen LogP contribution in [0.3, 0.4) is 0 Å². The van der Waals surface area contributed by atoms with Crippen molar-refractivity contribution >= 4 is 11.7 Å². The van der Waals surface area contributed by atoms with E-state index in [2.05, 4.69) is 0 Å². The fraction of sp³-hybridized carbons (Fsp3) is 0.133. The van der Waals surface area contributed by atoms with Crippen molar-refractivity contribution in [2.24, 2.45) is 0 Å². The van der Waals surface area contributed by atoms with Crippen molar-refractivity contribution < 1.29 is 18.3 Å². The van der Waals surface area contributed by atoms with E-state index in [1.807, 2.05) is 0 Å². The zero-order valence-corrected chi connectivity index (χ0v) is 10.8. The Kier molecular flexibility index (Phi) is 3.98. The van der Waals surface area contributed by atoms with E-state index in [0.29, 0.717) is 11.3 Å². The summed E-state index contributed by atoms with van der Waals surface area (Å²) in [7, 11) is 0. The Labute approximate surface area is 115 Å². The van der Waals surface area contributed by atoms with Crippen LogP contribution in [0, 0.1) is 18.6 Å². The van der Waals surface area contributed by atoms with Gasteiger partial charge in [0.15, 0.2) is 11.6 Å². The number of halogens is 2. The van der Waals surface area contributed by atoms with E-state index in [9.17, 15) is 13.6 Å². The second-order valence-electron chi connectivity index (χ2n) is 4.36. The molecule has 2 aromatic rings. The average Bonchev–Trinajstić information content (AvgIpc) is 2.43. The minimum absolute atomic E-state index is 0.00878. The summed E-state index contributed by atoms with van der Waals surface area (Å²) in [5.41, 5.74) is 7.27. The number of rotatable bonds is 3. The first-order valence-electron chi connectivity index (χ1n) is 5.95. The summed E-state index contributed by atoms with van der Waals surface area (Å²) in [6.45, 7) is 1.43. The topological polar surface area (TPSA) is 52.3 Å². The van der Waals surface area contributed by atoms with Crippen molar-refractivity contribution in [2.75, 3.05) is 5.73 Å². The Hall–Kier alpha value is -2.43. The predicted molar refractivity (Wildman–Crippen MR) is 71.1 cm³/mol. The zero-order chi connectivity index (χ0) is 14.7. The summed E-state index contributed by atoms with van der Waals surface area (Å²) in [5.74, 6) is -2.59. The maximum Gasteiger partial charge on any atom is 0.338 e. The molecule has 0 saturated heterocycles. The maximum atomic E-state index is 13.4. The second-order valence-corrected chi connectivity index (χ2v) is 4.36. The fourth-order valence-electron chi connectivity index (χ4n) is 1.69. The van der Waals surface area contributed by atoms with E-state index in [0.717, 1.165) is 11.6 Å². The molecule has 2 aromatic carbocycles. The van der Waals surface area contributed by atoms with Crippen LogP contribution in [-0.2, 0) is 11.3 Å². The van der Waals surface area contributed by atoms with E-state index >= 15 is 0 Å². The van der Waals surface area contributed by atoms with Crippen LogP contribution < -0.4 is 5.73 Å². The molecule has 2 rings (SSSR count). The van der Waals surface area contributed by atoms with E-state index in [-0.39, 0.29) is 12.2 Å². The van der Waals surface area contributed by atoms with E-state index in [4.69, 9.17) is 10.5 Å². The molecule has 2 N–H and O–H groups in total. The van der Waals surface area contributed by atoms with Gasteiger partial charge in [-0.1, -0.05) is 12.1 Å². The lowest BCUT2D eigenvalue weighted by Gasteiger charge is -2.07. The molecule has 0 spiro atoms. The third-order valence-corrected chi connectivity index (χ3v) is 2.90. The van der Waals surface area contributed by atoms with Crippen molar-refractivity contribution in [3.8, 4) is 0 Å². The largest absolute Gasteiger partial charge is 0.457 e. The van der Waals surface area contributed by atoms with Gasteiger partial charge in [-0.15, -0.1) is 0 Å². The molecule has 0 aliphatic rings. The Morgan fingerprint density at radius 1 is 1.25 bits per heavy atom. The number of hydrogen-bond acceptors (Lipinski definition) is 3. The first kappa shape index (κ1) is 14.0. The summed E-state index contributed by atoms with van der Waals surface area (Å²) in [4.78, 5) is 11.8. The molecule has 0 fully saturated rings. The minimum atomic E-state index is -1.01. The summed E-state index contributed by atoms with van der Waals surface area (Å²) in [5, 5.41) is 0. The first-order chi connectivity index (χ1) is 9.49. The number of aryl methyl sites for hydroxylation is 1. The number of anilines is 1. The number of esters is 1. The van der Waals surface area contributed by atoms with Crippen LogP contribution in [-0.4, -0.2) is 5.97 Å². The van der Waals surface area contributed by atoms with Gasteiger partial charge in [-0.3, -0.25) is 0 Å². The van der Waals surface area contributed by atoms with Crippen LogP contribution >= 0.6 is 0 Å². The second kappa shape index (κ2) is 5.69. The third-order valence-electron chi connectivity index (χ3n) is 2.90. The van der Waals surface area contributed by atoms with Crippen molar-refractivity contribution in [1.29, 1.82) is 0 Å². The standard InChI is InChI=1S/C15H13F2NO2/c1-9-7-10(5-6-13(9)18)15(19)20-8-11-3-2-4-12(16)14(11)17/h2-7H,8,18H2,1H3. The molecular formula is C15H13F2NO2. The van der Waals surface area contributed by atoms with Gasteiger partial charge in [0.1, 0.15) is 6.61 Å². The van der Waals surface area contributed by atoms with Gasteiger partial charge >= 0.3 is 5.97 Å².